The van der Waals surface area contributed by atoms with E-state index in [0.29, 0.717) is 38.3 Å². The van der Waals surface area contributed by atoms with Crippen LogP contribution in [0.1, 0.15) is 21.5 Å². The van der Waals surface area contributed by atoms with Crippen molar-refractivity contribution in [3.63, 3.8) is 0 Å². The number of hydrogen-bond acceptors (Lipinski definition) is 4. The number of hydrogen-bond donors (Lipinski definition) is 1. The number of amides is 1. The van der Waals surface area contributed by atoms with Crippen LogP contribution >= 0.6 is 23.2 Å². The Labute approximate surface area is 226 Å². The quantitative estimate of drug-likeness (QED) is 0.255. The number of aryl methyl sites for hydroxylation is 1. The summed E-state index contributed by atoms with van der Waals surface area (Å²) in [7, 11) is -2.38. The van der Waals surface area contributed by atoms with E-state index < -0.39 is 10.0 Å². The predicted molar refractivity (Wildman–Crippen MR) is 148 cm³/mol. The molecule has 0 saturated heterocycles. The van der Waals surface area contributed by atoms with Gasteiger partial charge in [0, 0.05) is 16.3 Å². The minimum absolute atomic E-state index is 0.0500. The van der Waals surface area contributed by atoms with Crippen LogP contribution in [0.3, 0.4) is 0 Å². The summed E-state index contributed by atoms with van der Waals surface area (Å²) in [6.45, 7) is 1.88. The molecule has 4 aromatic carbocycles. The third-order valence-corrected chi connectivity index (χ3v) is 8.03. The number of nitrogens with zero attached hydrogens (tertiary/aromatic N) is 1. The molecular formula is C28H24Cl2N2O4S. The van der Waals surface area contributed by atoms with Crippen molar-refractivity contribution in [2.75, 3.05) is 16.7 Å². The van der Waals surface area contributed by atoms with Crippen molar-refractivity contribution >= 4 is 50.5 Å². The first-order valence-corrected chi connectivity index (χ1v) is 13.5. The maximum Gasteiger partial charge on any atom is 0.264 e. The topological polar surface area (TPSA) is 75.7 Å². The highest BCUT2D eigenvalue weighted by molar-refractivity contribution is 7.92. The molecule has 4 aromatic rings. The van der Waals surface area contributed by atoms with Gasteiger partial charge in [0.05, 0.1) is 29.3 Å². The summed E-state index contributed by atoms with van der Waals surface area (Å²) in [5, 5.41) is 3.61. The minimum atomic E-state index is -3.90. The zero-order valence-corrected chi connectivity index (χ0v) is 22.4. The van der Waals surface area contributed by atoms with E-state index in [1.54, 1.807) is 91.0 Å². The fraction of sp³-hybridized carbons (Fsp3) is 0.107. The van der Waals surface area contributed by atoms with Crippen molar-refractivity contribution in [2.45, 2.75) is 18.4 Å². The van der Waals surface area contributed by atoms with Gasteiger partial charge in [0.1, 0.15) is 5.75 Å². The molecule has 0 aromatic heterocycles. The van der Waals surface area contributed by atoms with Crippen LogP contribution in [0.5, 0.6) is 5.75 Å². The molecule has 190 valence electrons. The van der Waals surface area contributed by atoms with Crippen molar-refractivity contribution in [1.29, 1.82) is 0 Å². The second-order valence-corrected chi connectivity index (χ2v) is 11.0. The Morgan fingerprint density at radius 3 is 2.27 bits per heavy atom. The molecule has 0 heterocycles. The maximum absolute atomic E-state index is 13.7. The first-order valence-electron chi connectivity index (χ1n) is 11.3. The standard InChI is InChI=1S/C28H24Cl2N2O4S/c1-19-8-13-22(29)16-26(19)32(37(34,35)24-6-4-3-5-7-24)18-20-9-11-21(12-10-20)28(33)31-23-14-15-27(36-2)25(30)17-23/h3-17H,18H2,1-2H3,(H,31,33). The molecule has 0 bridgehead atoms. The average molecular weight is 555 g/mol. The van der Waals surface area contributed by atoms with Gasteiger partial charge < -0.3 is 10.1 Å². The number of methoxy groups -OCH3 is 1. The Balaban J connectivity index is 1.60. The van der Waals surface area contributed by atoms with Crippen LogP contribution in [0, 0.1) is 6.92 Å². The molecule has 0 fully saturated rings. The third kappa shape index (κ3) is 6.07. The summed E-state index contributed by atoms with van der Waals surface area (Å²) in [5.41, 5.74) is 2.87. The smallest absolute Gasteiger partial charge is 0.264 e. The van der Waals surface area contributed by atoms with E-state index in [0.717, 1.165) is 5.56 Å². The molecule has 0 aliphatic carbocycles. The molecule has 0 aliphatic heterocycles. The second kappa shape index (κ2) is 11.3. The summed E-state index contributed by atoms with van der Waals surface area (Å²) >= 11 is 12.4. The molecule has 6 nitrogen and oxygen atoms in total. The van der Waals surface area contributed by atoms with Gasteiger partial charge in [0.15, 0.2) is 0 Å². The van der Waals surface area contributed by atoms with E-state index in [1.807, 2.05) is 6.92 Å². The van der Waals surface area contributed by atoms with E-state index in [4.69, 9.17) is 27.9 Å². The van der Waals surface area contributed by atoms with Gasteiger partial charge in [0.25, 0.3) is 15.9 Å². The summed E-state index contributed by atoms with van der Waals surface area (Å²) in [6.07, 6.45) is 0. The SMILES string of the molecule is COc1ccc(NC(=O)c2ccc(CN(c3cc(Cl)ccc3C)S(=O)(=O)c3ccccc3)cc2)cc1Cl. The summed E-state index contributed by atoms with van der Waals surface area (Å²) in [5.74, 6) is 0.182. The van der Waals surface area contributed by atoms with Crippen LogP contribution in [0.4, 0.5) is 11.4 Å². The number of carbonyl (C=O) groups is 1. The highest BCUT2D eigenvalue weighted by Gasteiger charge is 2.26. The van der Waals surface area contributed by atoms with Gasteiger partial charge in [-0.05, 0) is 72.6 Å². The number of benzene rings is 4. The number of rotatable bonds is 8. The summed E-state index contributed by atoms with van der Waals surface area (Å²) < 4.78 is 33.8. The van der Waals surface area contributed by atoms with Gasteiger partial charge in [-0.2, -0.15) is 0 Å². The molecule has 0 atom stereocenters. The Bertz CT molecular complexity index is 1530. The Hall–Kier alpha value is -3.52. The lowest BCUT2D eigenvalue weighted by atomic mass is 10.1. The van der Waals surface area contributed by atoms with E-state index in [-0.39, 0.29) is 17.3 Å². The van der Waals surface area contributed by atoms with E-state index >= 15 is 0 Å². The molecule has 0 radical (unpaired) electrons. The van der Waals surface area contributed by atoms with Crippen molar-refractivity contribution in [3.05, 3.63) is 118 Å². The van der Waals surface area contributed by atoms with Gasteiger partial charge in [-0.15, -0.1) is 0 Å². The number of carbonyl (C=O) groups excluding carboxylic acids is 1. The molecule has 1 N–H and O–H groups in total. The fourth-order valence-electron chi connectivity index (χ4n) is 3.75. The van der Waals surface area contributed by atoms with Crippen molar-refractivity contribution in [3.8, 4) is 5.75 Å². The highest BCUT2D eigenvalue weighted by atomic mass is 35.5. The molecule has 0 spiro atoms. The average Bonchev–Trinajstić information content (AvgIpc) is 2.89. The van der Waals surface area contributed by atoms with Crippen LogP contribution in [0.25, 0.3) is 0 Å². The largest absolute Gasteiger partial charge is 0.495 e. The van der Waals surface area contributed by atoms with Crippen LogP contribution < -0.4 is 14.4 Å². The van der Waals surface area contributed by atoms with Crippen molar-refractivity contribution in [2.24, 2.45) is 0 Å². The zero-order chi connectivity index (χ0) is 26.6. The lowest BCUT2D eigenvalue weighted by Gasteiger charge is -2.26. The van der Waals surface area contributed by atoms with E-state index in [1.165, 1.54) is 11.4 Å². The van der Waals surface area contributed by atoms with Crippen LogP contribution in [-0.2, 0) is 16.6 Å². The van der Waals surface area contributed by atoms with Gasteiger partial charge in [-0.1, -0.05) is 59.6 Å². The zero-order valence-electron chi connectivity index (χ0n) is 20.1. The van der Waals surface area contributed by atoms with E-state index in [9.17, 15) is 13.2 Å². The first kappa shape index (κ1) is 26.5. The third-order valence-electron chi connectivity index (χ3n) is 5.72. The molecule has 4 rings (SSSR count). The molecule has 9 heteroatoms. The van der Waals surface area contributed by atoms with Crippen molar-refractivity contribution in [1.82, 2.24) is 0 Å². The van der Waals surface area contributed by atoms with Gasteiger partial charge in [-0.25, -0.2) is 8.42 Å². The molecule has 37 heavy (non-hydrogen) atoms. The monoisotopic (exact) mass is 554 g/mol. The molecule has 1 amide bonds. The maximum atomic E-state index is 13.7. The van der Waals surface area contributed by atoms with Gasteiger partial charge >= 0.3 is 0 Å². The van der Waals surface area contributed by atoms with E-state index in [2.05, 4.69) is 5.32 Å². The molecular weight excluding hydrogens is 531 g/mol. The highest BCUT2D eigenvalue weighted by Crippen LogP contribution is 2.31. The summed E-state index contributed by atoms with van der Waals surface area (Å²) in [6, 6.07) is 25.1. The molecule has 0 saturated carbocycles. The lowest BCUT2D eigenvalue weighted by Crippen LogP contribution is -2.31. The summed E-state index contributed by atoms with van der Waals surface area (Å²) in [4.78, 5) is 12.9. The lowest BCUT2D eigenvalue weighted by molar-refractivity contribution is 0.102. The van der Waals surface area contributed by atoms with Crippen LogP contribution in [-0.4, -0.2) is 21.4 Å². The number of halogens is 2. The number of sulfonamides is 1. The van der Waals surface area contributed by atoms with Gasteiger partial charge in [-0.3, -0.25) is 9.10 Å². The second-order valence-electron chi connectivity index (χ2n) is 8.26. The molecule has 0 unspecified atom stereocenters. The fourth-order valence-corrected chi connectivity index (χ4v) is 5.70. The number of ether oxygens (including phenoxy) is 1. The first-order chi connectivity index (χ1) is 17.7. The normalized spacial score (nSPS) is 11.1. The predicted octanol–water partition coefficient (Wildman–Crippen LogP) is 6.96. The Morgan fingerprint density at radius 2 is 1.62 bits per heavy atom. The number of anilines is 2. The minimum Gasteiger partial charge on any atom is -0.495 e. The Kier molecular flexibility index (Phi) is 8.07. The van der Waals surface area contributed by atoms with Crippen molar-refractivity contribution < 1.29 is 17.9 Å². The Morgan fingerprint density at radius 1 is 0.919 bits per heavy atom. The van der Waals surface area contributed by atoms with Crippen LogP contribution in [0.2, 0.25) is 10.0 Å². The number of nitrogens with one attached hydrogen (secondary N) is 1. The van der Waals surface area contributed by atoms with Gasteiger partial charge in [0.2, 0.25) is 0 Å². The molecule has 0 aliphatic rings. The van der Waals surface area contributed by atoms with Crippen LogP contribution in [0.15, 0.2) is 95.9 Å².